The third kappa shape index (κ3) is 2.64. The molecular formula is C11H20ClNO2. The number of rotatable bonds is 2. The highest BCUT2D eigenvalue weighted by Gasteiger charge is 2.40. The van der Waals surface area contributed by atoms with Gasteiger partial charge in [-0.05, 0) is 37.5 Å². The average molecular weight is 234 g/mol. The molecule has 1 saturated carbocycles. The molecule has 1 aliphatic heterocycles. The SMILES string of the molecule is CCC1CCC2NC(C(=O)O)CC2C1.Cl. The van der Waals surface area contributed by atoms with Gasteiger partial charge in [-0.2, -0.15) is 0 Å². The van der Waals surface area contributed by atoms with Gasteiger partial charge in [0, 0.05) is 6.04 Å². The number of carbonyl (C=O) groups is 1. The minimum Gasteiger partial charge on any atom is -0.480 e. The Bertz CT molecular complexity index is 235. The van der Waals surface area contributed by atoms with E-state index in [0.29, 0.717) is 12.0 Å². The molecule has 15 heavy (non-hydrogen) atoms. The number of hydrogen-bond acceptors (Lipinski definition) is 2. The maximum atomic E-state index is 10.8. The van der Waals surface area contributed by atoms with Gasteiger partial charge < -0.3 is 10.4 Å². The van der Waals surface area contributed by atoms with Gasteiger partial charge >= 0.3 is 5.97 Å². The molecule has 1 heterocycles. The molecule has 0 aromatic heterocycles. The number of aliphatic carboxylic acids is 1. The van der Waals surface area contributed by atoms with Crippen LogP contribution in [0.15, 0.2) is 0 Å². The largest absolute Gasteiger partial charge is 0.480 e. The van der Waals surface area contributed by atoms with Crippen LogP contribution in [0.1, 0.15) is 39.0 Å². The van der Waals surface area contributed by atoms with Crippen LogP contribution in [-0.4, -0.2) is 23.2 Å². The Morgan fingerprint density at radius 3 is 2.73 bits per heavy atom. The predicted octanol–water partition coefficient (Wildman–Crippen LogP) is 2.05. The molecular weight excluding hydrogens is 214 g/mol. The molecule has 2 rings (SSSR count). The van der Waals surface area contributed by atoms with E-state index in [1.165, 1.54) is 25.7 Å². The Morgan fingerprint density at radius 1 is 1.40 bits per heavy atom. The summed E-state index contributed by atoms with van der Waals surface area (Å²) in [4.78, 5) is 10.8. The molecule has 0 radical (unpaired) electrons. The lowest BCUT2D eigenvalue weighted by molar-refractivity contribution is -0.139. The van der Waals surface area contributed by atoms with Crippen molar-refractivity contribution >= 4 is 18.4 Å². The van der Waals surface area contributed by atoms with Crippen molar-refractivity contribution in [3.05, 3.63) is 0 Å². The second-order valence-corrected chi connectivity index (χ2v) is 4.75. The lowest BCUT2D eigenvalue weighted by Gasteiger charge is -2.30. The molecule has 2 fully saturated rings. The molecule has 1 aliphatic carbocycles. The number of nitrogens with one attached hydrogen (secondary N) is 1. The molecule has 4 atom stereocenters. The van der Waals surface area contributed by atoms with E-state index in [9.17, 15) is 4.79 Å². The van der Waals surface area contributed by atoms with E-state index >= 15 is 0 Å². The summed E-state index contributed by atoms with van der Waals surface area (Å²) < 4.78 is 0. The van der Waals surface area contributed by atoms with Crippen LogP contribution in [0.4, 0.5) is 0 Å². The second-order valence-electron chi connectivity index (χ2n) is 4.75. The van der Waals surface area contributed by atoms with E-state index in [0.717, 1.165) is 12.3 Å². The van der Waals surface area contributed by atoms with Crippen molar-refractivity contribution in [2.75, 3.05) is 0 Å². The number of carboxylic acids is 1. The van der Waals surface area contributed by atoms with Gasteiger partial charge in [-0.15, -0.1) is 12.4 Å². The summed E-state index contributed by atoms with van der Waals surface area (Å²) in [6.45, 7) is 2.24. The van der Waals surface area contributed by atoms with Crippen LogP contribution in [0.5, 0.6) is 0 Å². The van der Waals surface area contributed by atoms with Crippen LogP contribution in [0, 0.1) is 11.8 Å². The quantitative estimate of drug-likeness (QED) is 0.768. The van der Waals surface area contributed by atoms with Gasteiger partial charge in [-0.1, -0.05) is 13.3 Å². The highest BCUT2D eigenvalue weighted by Crippen LogP contribution is 2.37. The van der Waals surface area contributed by atoms with Gasteiger partial charge in [0.2, 0.25) is 0 Å². The van der Waals surface area contributed by atoms with Gasteiger partial charge in [0.1, 0.15) is 6.04 Å². The first-order valence-corrected chi connectivity index (χ1v) is 5.69. The van der Waals surface area contributed by atoms with Crippen molar-refractivity contribution in [3.8, 4) is 0 Å². The minimum atomic E-state index is -0.674. The van der Waals surface area contributed by atoms with E-state index in [4.69, 9.17) is 5.11 Å². The molecule has 4 heteroatoms. The molecule has 0 bridgehead atoms. The third-order valence-corrected chi connectivity index (χ3v) is 3.92. The third-order valence-electron chi connectivity index (χ3n) is 3.92. The van der Waals surface area contributed by atoms with Gasteiger partial charge in [-0.25, -0.2) is 0 Å². The summed E-state index contributed by atoms with van der Waals surface area (Å²) in [6, 6.07) is 0.208. The first kappa shape index (κ1) is 12.8. The molecule has 2 N–H and O–H groups in total. The fraction of sp³-hybridized carbons (Fsp3) is 0.909. The highest BCUT2D eigenvalue weighted by molar-refractivity contribution is 5.85. The molecule has 1 saturated heterocycles. The van der Waals surface area contributed by atoms with Crippen LogP contribution < -0.4 is 5.32 Å². The first-order chi connectivity index (χ1) is 6.70. The van der Waals surface area contributed by atoms with E-state index in [2.05, 4.69) is 12.2 Å². The second kappa shape index (κ2) is 5.17. The fourth-order valence-corrected chi connectivity index (χ4v) is 3.01. The monoisotopic (exact) mass is 233 g/mol. The summed E-state index contributed by atoms with van der Waals surface area (Å²) in [5.41, 5.74) is 0. The molecule has 0 aromatic carbocycles. The number of carboxylic acid groups (broad SMARTS) is 1. The number of fused-ring (bicyclic) bond motifs is 1. The van der Waals surface area contributed by atoms with E-state index in [-0.39, 0.29) is 18.4 Å². The van der Waals surface area contributed by atoms with Crippen molar-refractivity contribution in [3.63, 3.8) is 0 Å². The van der Waals surface area contributed by atoms with E-state index < -0.39 is 5.97 Å². The summed E-state index contributed by atoms with van der Waals surface area (Å²) in [5.74, 6) is 0.785. The van der Waals surface area contributed by atoms with Crippen molar-refractivity contribution in [1.82, 2.24) is 5.32 Å². The Kier molecular flexibility index (Phi) is 4.41. The van der Waals surface area contributed by atoms with Gasteiger partial charge in [0.25, 0.3) is 0 Å². The van der Waals surface area contributed by atoms with Crippen LogP contribution in [0.2, 0.25) is 0 Å². The topological polar surface area (TPSA) is 49.3 Å². The molecule has 2 aliphatic rings. The normalized spacial score (nSPS) is 39.3. The zero-order valence-corrected chi connectivity index (χ0v) is 9.93. The van der Waals surface area contributed by atoms with Crippen LogP contribution >= 0.6 is 12.4 Å². The Balaban J connectivity index is 0.00000112. The fourth-order valence-electron chi connectivity index (χ4n) is 3.01. The van der Waals surface area contributed by atoms with Crippen molar-refractivity contribution in [2.24, 2.45) is 11.8 Å². The molecule has 0 amide bonds. The van der Waals surface area contributed by atoms with E-state index in [1.807, 2.05) is 0 Å². The van der Waals surface area contributed by atoms with Gasteiger partial charge in [-0.3, -0.25) is 4.79 Å². The zero-order valence-electron chi connectivity index (χ0n) is 9.11. The summed E-state index contributed by atoms with van der Waals surface area (Å²) >= 11 is 0. The minimum absolute atomic E-state index is 0. The summed E-state index contributed by atoms with van der Waals surface area (Å²) in [6.07, 6.45) is 5.78. The van der Waals surface area contributed by atoms with Crippen molar-refractivity contribution in [2.45, 2.75) is 51.1 Å². The Hall–Kier alpha value is -0.280. The predicted molar refractivity (Wildman–Crippen MR) is 61.3 cm³/mol. The lowest BCUT2D eigenvalue weighted by Crippen LogP contribution is -2.38. The average Bonchev–Trinajstić information content (AvgIpc) is 2.59. The van der Waals surface area contributed by atoms with Crippen LogP contribution in [0.25, 0.3) is 0 Å². The Morgan fingerprint density at radius 2 is 2.13 bits per heavy atom. The zero-order chi connectivity index (χ0) is 10.1. The Labute approximate surface area is 97.0 Å². The van der Waals surface area contributed by atoms with Crippen molar-refractivity contribution < 1.29 is 9.90 Å². The molecule has 0 spiro atoms. The first-order valence-electron chi connectivity index (χ1n) is 5.69. The van der Waals surface area contributed by atoms with E-state index in [1.54, 1.807) is 0 Å². The molecule has 3 nitrogen and oxygen atoms in total. The van der Waals surface area contributed by atoms with Crippen molar-refractivity contribution in [1.29, 1.82) is 0 Å². The maximum Gasteiger partial charge on any atom is 0.320 e. The number of halogens is 1. The molecule has 0 aromatic rings. The van der Waals surface area contributed by atoms with Gasteiger partial charge in [0.05, 0.1) is 0 Å². The molecule has 4 unspecified atom stereocenters. The van der Waals surface area contributed by atoms with Gasteiger partial charge in [0.15, 0.2) is 0 Å². The smallest absolute Gasteiger partial charge is 0.320 e. The maximum absolute atomic E-state index is 10.8. The highest BCUT2D eigenvalue weighted by atomic mass is 35.5. The molecule has 88 valence electrons. The summed E-state index contributed by atoms with van der Waals surface area (Å²) in [7, 11) is 0. The summed E-state index contributed by atoms with van der Waals surface area (Å²) in [5, 5.41) is 12.2. The number of hydrogen-bond donors (Lipinski definition) is 2. The van der Waals surface area contributed by atoms with Crippen LogP contribution in [0.3, 0.4) is 0 Å². The van der Waals surface area contributed by atoms with Crippen LogP contribution in [-0.2, 0) is 4.79 Å². The lowest BCUT2D eigenvalue weighted by atomic mass is 9.77. The standard InChI is InChI=1S/C11H19NO2.ClH/c1-2-7-3-4-9-8(5-7)6-10(12-9)11(13)14;/h7-10,12H,2-6H2,1H3,(H,13,14);1H.